The zero-order valence-corrected chi connectivity index (χ0v) is 13.2. The Morgan fingerprint density at radius 1 is 1.29 bits per heavy atom. The molecule has 0 unspecified atom stereocenters. The highest BCUT2D eigenvalue weighted by Gasteiger charge is 2.41. The Morgan fingerprint density at radius 2 is 2.10 bits per heavy atom. The van der Waals surface area contributed by atoms with Crippen LogP contribution in [0.4, 0.5) is 5.95 Å². The molecule has 1 saturated heterocycles. The lowest BCUT2D eigenvalue weighted by molar-refractivity contribution is 0.237. The number of anilines is 1. The predicted octanol–water partition coefficient (Wildman–Crippen LogP) is 2.30. The minimum Gasteiger partial charge on any atom is -0.478 e. The molecule has 2 aliphatic rings. The van der Waals surface area contributed by atoms with Crippen LogP contribution in [-0.2, 0) is 0 Å². The summed E-state index contributed by atoms with van der Waals surface area (Å²) in [5, 5.41) is 3.57. The van der Waals surface area contributed by atoms with Gasteiger partial charge in [-0.3, -0.25) is 0 Å². The molecule has 0 bridgehead atoms. The lowest BCUT2D eigenvalue weighted by Gasteiger charge is -2.49. The number of nitrogens with one attached hydrogen (secondary N) is 1. The molecule has 21 heavy (non-hydrogen) atoms. The lowest BCUT2D eigenvalue weighted by Crippen LogP contribution is -2.62. The van der Waals surface area contributed by atoms with Gasteiger partial charge < -0.3 is 15.0 Å². The van der Waals surface area contributed by atoms with Crippen LogP contribution in [0.15, 0.2) is 6.07 Å². The van der Waals surface area contributed by atoms with E-state index in [0.717, 1.165) is 31.3 Å². The number of aryl methyl sites for hydroxylation is 1. The Kier molecular flexibility index (Phi) is 4.29. The fourth-order valence-electron chi connectivity index (χ4n) is 3.68. The maximum Gasteiger partial charge on any atom is 0.229 e. The summed E-state index contributed by atoms with van der Waals surface area (Å²) in [5.41, 5.74) is 1.18. The van der Waals surface area contributed by atoms with Gasteiger partial charge in [-0.2, -0.15) is 4.98 Å². The van der Waals surface area contributed by atoms with E-state index in [9.17, 15) is 0 Å². The van der Waals surface area contributed by atoms with Crippen LogP contribution >= 0.6 is 0 Å². The van der Waals surface area contributed by atoms with E-state index in [2.05, 4.69) is 15.2 Å². The molecule has 5 heteroatoms. The van der Waals surface area contributed by atoms with E-state index in [4.69, 9.17) is 9.72 Å². The standard InChI is InChI=1S/C16H26N4O/c1-3-21-14-11-13(2)18-15(19-14)20-10-9-17-12-16(20)7-5-4-6-8-16/h11,17H,3-10,12H2,1-2H3. The monoisotopic (exact) mass is 290 g/mol. The van der Waals surface area contributed by atoms with Crippen molar-refractivity contribution in [3.8, 4) is 5.88 Å². The Balaban J connectivity index is 1.92. The van der Waals surface area contributed by atoms with Gasteiger partial charge in [0.1, 0.15) is 0 Å². The van der Waals surface area contributed by atoms with Crippen molar-refractivity contribution in [3.05, 3.63) is 11.8 Å². The molecule has 5 nitrogen and oxygen atoms in total. The third-order valence-corrected chi connectivity index (χ3v) is 4.68. The van der Waals surface area contributed by atoms with Gasteiger partial charge in [0, 0.05) is 31.4 Å². The third-order valence-electron chi connectivity index (χ3n) is 4.68. The topological polar surface area (TPSA) is 50.3 Å². The van der Waals surface area contributed by atoms with Crippen LogP contribution in [0.2, 0.25) is 0 Å². The number of hydrogen-bond acceptors (Lipinski definition) is 5. The fraction of sp³-hybridized carbons (Fsp3) is 0.750. The molecule has 1 aliphatic carbocycles. The maximum atomic E-state index is 5.60. The minimum absolute atomic E-state index is 0.202. The molecule has 1 N–H and O–H groups in total. The molecule has 1 aromatic rings. The predicted molar refractivity (Wildman–Crippen MR) is 84.0 cm³/mol. The minimum atomic E-state index is 0.202. The van der Waals surface area contributed by atoms with E-state index in [0.29, 0.717) is 12.5 Å². The summed E-state index contributed by atoms with van der Waals surface area (Å²) in [6.45, 7) is 7.68. The van der Waals surface area contributed by atoms with Crippen molar-refractivity contribution in [2.75, 3.05) is 31.1 Å². The van der Waals surface area contributed by atoms with Crippen molar-refractivity contribution < 1.29 is 4.74 Å². The molecule has 0 atom stereocenters. The Morgan fingerprint density at radius 3 is 2.86 bits per heavy atom. The second kappa shape index (κ2) is 6.18. The van der Waals surface area contributed by atoms with Crippen LogP contribution in [0, 0.1) is 6.92 Å². The van der Waals surface area contributed by atoms with Gasteiger partial charge in [0.05, 0.1) is 12.1 Å². The van der Waals surface area contributed by atoms with Gasteiger partial charge in [0.25, 0.3) is 0 Å². The number of nitrogens with zero attached hydrogens (tertiary/aromatic N) is 3. The number of aromatic nitrogens is 2. The SMILES string of the molecule is CCOc1cc(C)nc(N2CCNCC23CCCCC3)n1. The summed E-state index contributed by atoms with van der Waals surface area (Å²) < 4.78 is 5.60. The van der Waals surface area contributed by atoms with Crippen molar-refractivity contribution in [2.45, 2.75) is 51.5 Å². The lowest BCUT2D eigenvalue weighted by atomic mass is 9.79. The van der Waals surface area contributed by atoms with E-state index in [1.807, 2.05) is 19.9 Å². The number of ether oxygens (including phenoxy) is 1. The molecule has 1 aromatic heterocycles. The van der Waals surface area contributed by atoms with Crippen LogP contribution in [0.5, 0.6) is 5.88 Å². The molecule has 1 spiro atoms. The van der Waals surface area contributed by atoms with Gasteiger partial charge in [-0.25, -0.2) is 4.98 Å². The quantitative estimate of drug-likeness (QED) is 0.925. The number of piperazine rings is 1. The molecule has 0 radical (unpaired) electrons. The summed E-state index contributed by atoms with van der Waals surface area (Å²) in [4.78, 5) is 11.8. The molecule has 2 heterocycles. The van der Waals surface area contributed by atoms with E-state index >= 15 is 0 Å². The largest absolute Gasteiger partial charge is 0.478 e. The van der Waals surface area contributed by atoms with Crippen LogP contribution in [-0.4, -0.2) is 41.7 Å². The molecule has 116 valence electrons. The molecule has 0 amide bonds. The summed E-state index contributed by atoms with van der Waals surface area (Å²) in [6, 6.07) is 1.92. The average molecular weight is 290 g/mol. The molecular weight excluding hydrogens is 264 g/mol. The van der Waals surface area contributed by atoms with Gasteiger partial charge in [-0.05, 0) is 26.7 Å². The maximum absolute atomic E-state index is 5.60. The normalized spacial score (nSPS) is 21.5. The van der Waals surface area contributed by atoms with Gasteiger partial charge in [0.2, 0.25) is 11.8 Å². The smallest absolute Gasteiger partial charge is 0.229 e. The molecule has 1 saturated carbocycles. The highest BCUT2D eigenvalue weighted by Crippen LogP contribution is 2.36. The first-order valence-electron chi connectivity index (χ1n) is 8.20. The van der Waals surface area contributed by atoms with Gasteiger partial charge in [0.15, 0.2) is 0 Å². The number of rotatable bonds is 3. The molecular formula is C16H26N4O. The summed E-state index contributed by atoms with van der Waals surface area (Å²) in [6.07, 6.45) is 6.45. The zero-order chi connectivity index (χ0) is 14.7. The Bertz CT molecular complexity index is 477. The molecule has 0 aromatic carbocycles. The zero-order valence-electron chi connectivity index (χ0n) is 13.2. The van der Waals surface area contributed by atoms with Crippen molar-refractivity contribution >= 4 is 5.95 Å². The number of hydrogen-bond donors (Lipinski definition) is 1. The van der Waals surface area contributed by atoms with Crippen molar-refractivity contribution in [3.63, 3.8) is 0 Å². The molecule has 2 fully saturated rings. The summed E-state index contributed by atoms with van der Waals surface area (Å²) in [5.74, 6) is 1.55. The van der Waals surface area contributed by atoms with Crippen LogP contribution in [0.3, 0.4) is 0 Å². The molecule has 3 rings (SSSR count). The first-order chi connectivity index (χ1) is 10.2. The van der Waals surface area contributed by atoms with E-state index in [1.165, 1.54) is 32.1 Å². The Hall–Kier alpha value is -1.36. The third kappa shape index (κ3) is 2.98. The van der Waals surface area contributed by atoms with Crippen LogP contribution < -0.4 is 15.0 Å². The van der Waals surface area contributed by atoms with Crippen molar-refractivity contribution in [1.29, 1.82) is 0 Å². The van der Waals surface area contributed by atoms with Crippen molar-refractivity contribution in [2.24, 2.45) is 0 Å². The van der Waals surface area contributed by atoms with Gasteiger partial charge >= 0.3 is 0 Å². The van der Waals surface area contributed by atoms with Crippen molar-refractivity contribution in [1.82, 2.24) is 15.3 Å². The van der Waals surface area contributed by atoms with Crippen LogP contribution in [0.25, 0.3) is 0 Å². The van der Waals surface area contributed by atoms with Crippen LogP contribution in [0.1, 0.15) is 44.7 Å². The van der Waals surface area contributed by atoms with Gasteiger partial charge in [-0.1, -0.05) is 19.3 Å². The summed E-state index contributed by atoms with van der Waals surface area (Å²) in [7, 11) is 0. The highest BCUT2D eigenvalue weighted by atomic mass is 16.5. The first kappa shape index (κ1) is 14.6. The highest BCUT2D eigenvalue weighted by molar-refractivity contribution is 5.40. The van der Waals surface area contributed by atoms with Gasteiger partial charge in [-0.15, -0.1) is 0 Å². The van der Waals surface area contributed by atoms with E-state index in [1.54, 1.807) is 0 Å². The Labute approximate surface area is 127 Å². The average Bonchev–Trinajstić information content (AvgIpc) is 2.48. The fourth-order valence-corrected chi connectivity index (χ4v) is 3.68. The second-order valence-corrected chi connectivity index (χ2v) is 6.19. The van der Waals surface area contributed by atoms with E-state index in [-0.39, 0.29) is 5.54 Å². The second-order valence-electron chi connectivity index (χ2n) is 6.19. The van der Waals surface area contributed by atoms with E-state index < -0.39 is 0 Å². The molecule has 1 aliphatic heterocycles. The summed E-state index contributed by atoms with van der Waals surface area (Å²) >= 11 is 0. The first-order valence-corrected chi connectivity index (χ1v) is 8.20.